The summed E-state index contributed by atoms with van der Waals surface area (Å²) in [4.78, 5) is 14.0. The molecule has 1 saturated heterocycles. The van der Waals surface area contributed by atoms with Gasteiger partial charge >= 0.3 is 0 Å². The van der Waals surface area contributed by atoms with Crippen LogP contribution in [0.5, 0.6) is 5.75 Å². The van der Waals surface area contributed by atoms with Crippen molar-refractivity contribution in [1.29, 1.82) is 0 Å². The fourth-order valence-electron chi connectivity index (χ4n) is 2.25. The number of nitrogens with zero attached hydrogens (tertiary/aromatic N) is 1. The van der Waals surface area contributed by atoms with Crippen molar-refractivity contribution in [1.82, 2.24) is 15.5 Å². The van der Waals surface area contributed by atoms with Gasteiger partial charge in [0.05, 0.1) is 13.1 Å². The molecule has 2 rings (SSSR count). The van der Waals surface area contributed by atoms with Crippen LogP contribution in [0.4, 0.5) is 4.39 Å². The summed E-state index contributed by atoms with van der Waals surface area (Å²) in [5.74, 6) is 0.314. The number of ether oxygens (including phenoxy) is 1. The van der Waals surface area contributed by atoms with E-state index in [0.717, 1.165) is 19.6 Å². The Labute approximate surface area is 124 Å². The Morgan fingerprint density at radius 2 is 2.24 bits per heavy atom. The Kier molecular flexibility index (Phi) is 5.95. The molecule has 1 aromatic carbocycles. The number of nitrogens with one attached hydrogen (secondary N) is 2. The van der Waals surface area contributed by atoms with Crippen molar-refractivity contribution in [3.05, 3.63) is 30.1 Å². The molecule has 5 nitrogen and oxygen atoms in total. The molecule has 0 saturated carbocycles. The van der Waals surface area contributed by atoms with Crippen LogP contribution in [-0.2, 0) is 4.79 Å². The zero-order chi connectivity index (χ0) is 15.1. The lowest BCUT2D eigenvalue weighted by Gasteiger charge is -2.33. The Balaban J connectivity index is 1.61. The fourth-order valence-corrected chi connectivity index (χ4v) is 2.25. The van der Waals surface area contributed by atoms with Gasteiger partial charge in [-0.25, -0.2) is 4.39 Å². The number of piperazine rings is 1. The first-order chi connectivity index (χ1) is 10.1. The lowest BCUT2D eigenvalue weighted by atomic mass is 10.2. The molecular weight excluding hydrogens is 273 g/mol. The monoisotopic (exact) mass is 295 g/mol. The van der Waals surface area contributed by atoms with Crippen molar-refractivity contribution < 1.29 is 13.9 Å². The summed E-state index contributed by atoms with van der Waals surface area (Å²) in [5.41, 5.74) is 0. The molecule has 6 heteroatoms. The number of carbonyl (C=O) groups is 1. The van der Waals surface area contributed by atoms with Crippen LogP contribution in [0.1, 0.15) is 6.92 Å². The number of benzene rings is 1. The zero-order valence-electron chi connectivity index (χ0n) is 12.3. The number of hydrogen-bond donors (Lipinski definition) is 2. The summed E-state index contributed by atoms with van der Waals surface area (Å²) in [6.45, 7) is 6.06. The predicted molar refractivity (Wildman–Crippen MR) is 78.8 cm³/mol. The van der Waals surface area contributed by atoms with Gasteiger partial charge in [-0.2, -0.15) is 0 Å². The van der Waals surface area contributed by atoms with Crippen LogP contribution in [0.25, 0.3) is 0 Å². The number of hydrogen-bond acceptors (Lipinski definition) is 4. The molecule has 0 aliphatic carbocycles. The van der Waals surface area contributed by atoms with E-state index in [0.29, 0.717) is 31.5 Å². The summed E-state index contributed by atoms with van der Waals surface area (Å²) in [5, 5.41) is 6.12. The Morgan fingerprint density at radius 1 is 1.48 bits per heavy atom. The molecule has 21 heavy (non-hydrogen) atoms. The maximum absolute atomic E-state index is 12.7. The second kappa shape index (κ2) is 7.95. The molecule has 1 aliphatic rings. The first kappa shape index (κ1) is 15.7. The molecule has 0 bridgehead atoms. The van der Waals surface area contributed by atoms with Crippen LogP contribution in [0.2, 0.25) is 0 Å². The largest absolute Gasteiger partial charge is 0.492 e. The van der Waals surface area contributed by atoms with Gasteiger partial charge < -0.3 is 15.4 Å². The normalized spacial score (nSPS) is 19.2. The topological polar surface area (TPSA) is 53.6 Å². The van der Waals surface area contributed by atoms with Crippen molar-refractivity contribution in [2.45, 2.75) is 13.0 Å². The summed E-state index contributed by atoms with van der Waals surface area (Å²) >= 11 is 0. The zero-order valence-corrected chi connectivity index (χ0v) is 12.3. The average molecular weight is 295 g/mol. The van der Waals surface area contributed by atoms with Crippen LogP contribution in [0.15, 0.2) is 24.3 Å². The van der Waals surface area contributed by atoms with Gasteiger partial charge in [-0.05, 0) is 31.2 Å². The molecule has 116 valence electrons. The lowest BCUT2D eigenvalue weighted by molar-refractivity contribution is -0.123. The van der Waals surface area contributed by atoms with E-state index in [9.17, 15) is 9.18 Å². The van der Waals surface area contributed by atoms with E-state index in [4.69, 9.17) is 4.74 Å². The van der Waals surface area contributed by atoms with Crippen LogP contribution in [0, 0.1) is 5.82 Å². The quantitative estimate of drug-likeness (QED) is 0.755. The van der Waals surface area contributed by atoms with Gasteiger partial charge in [0.25, 0.3) is 0 Å². The number of rotatable bonds is 6. The summed E-state index contributed by atoms with van der Waals surface area (Å²) < 4.78 is 18.1. The number of amides is 1. The highest BCUT2D eigenvalue weighted by Gasteiger charge is 2.19. The second-order valence-corrected chi connectivity index (χ2v) is 5.18. The van der Waals surface area contributed by atoms with Gasteiger partial charge in [-0.3, -0.25) is 9.69 Å². The average Bonchev–Trinajstić information content (AvgIpc) is 2.48. The molecule has 1 atom stereocenters. The summed E-state index contributed by atoms with van der Waals surface area (Å²) in [6.07, 6.45) is 0. The van der Waals surface area contributed by atoms with Crippen molar-refractivity contribution in [2.24, 2.45) is 0 Å². The molecule has 2 N–H and O–H groups in total. The number of carbonyl (C=O) groups excluding carboxylic acids is 1. The first-order valence-corrected chi connectivity index (χ1v) is 7.25. The Bertz CT molecular complexity index is 453. The molecule has 1 heterocycles. The van der Waals surface area contributed by atoms with Crippen LogP contribution in [0.3, 0.4) is 0 Å². The van der Waals surface area contributed by atoms with E-state index in [1.165, 1.54) is 12.1 Å². The minimum Gasteiger partial charge on any atom is -0.492 e. The Morgan fingerprint density at radius 3 is 2.95 bits per heavy atom. The molecule has 1 aliphatic heterocycles. The molecule has 0 unspecified atom stereocenters. The van der Waals surface area contributed by atoms with Crippen molar-refractivity contribution >= 4 is 5.91 Å². The smallest absolute Gasteiger partial charge is 0.234 e. The van der Waals surface area contributed by atoms with E-state index in [1.807, 2.05) is 0 Å². The third-order valence-corrected chi connectivity index (χ3v) is 3.49. The van der Waals surface area contributed by atoms with Crippen LogP contribution in [-0.4, -0.2) is 56.2 Å². The van der Waals surface area contributed by atoms with Gasteiger partial charge in [0.1, 0.15) is 18.2 Å². The van der Waals surface area contributed by atoms with E-state index in [1.54, 1.807) is 12.1 Å². The van der Waals surface area contributed by atoms with Crippen molar-refractivity contribution in [3.63, 3.8) is 0 Å². The molecule has 1 fully saturated rings. The molecule has 1 amide bonds. The third-order valence-electron chi connectivity index (χ3n) is 3.49. The van der Waals surface area contributed by atoms with E-state index in [-0.39, 0.29) is 11.7 Å². The molecule has 1 aromatic rings. The predicted octanol–water partition coefficient (Wildman–Crippen LogP) is 0.614. The van der Waals surface area contributed by atoms with Gasteiger partial charge in [0.15, 0.2) is 0 Å². The lowest BCUT2D eigenvalue weighted by Crippen LogP contribution is -2.52. The van der Waals surface area contributed by atoms with Crippen molar-refractivity contribution in [3.8, 4) is 5.75 Å². The highest BCUT2D eigenvalue weighted by atomic mass is 19.1. The van der Waals surface area contributed by atoms with Gasteiger partial charge in [-0.15, -0.1) is 0 Å². The molecule has 0 spiro atoms. The standard InChI is InChI=1S/C15H22FN3O2/c1-12-10-17-6-8-19(12)11-15(20)18-7-9-21-14-4-2-13(16)3-5-14/h2-5,12,17H,6-11H2,1H3,(H,18,20)/t12-/m0/s1. The van der Waals surface area contributed by atoms with Crippen molar-refractivity contribution in [2.75, 3.05) is 39.3 Å². The maximum Gasteiger partial charge on any atom is 0.234 e. The summed E-state index contributed by atoms with van der Waals surface area (Å²) in [7, 11) is 0. The fraction of sp³-hybridized carbons (Fsp3) is 0.533. The van der Waals surface area contributed by atoms with Crippen LogP contribution >= 0.6 is 0 Å². The van der Waals surface area contributed by atoms with E-state index in [2.05, 4.69) is 22.5 Å². The SMILES string of the molecule is C[C@H]1CNCCN1CC(=O)NCCOc1ccc(F)cc1. The summed E-state index contributed by atoms with van der Waals surface area (Å²) in [6, 6.07) is 6.21. The Hall–Kier alpha value is -1.66. The molecule has 0 radical (unpaired) electrons. The van der Waals surface area contributed by atoms with E-state index >= 15 is 0 Å². The third kappa shape index (κ3) is 5.32. The minimum atomic E-state index is -0.291. The second-order valence-electron chi connectivity index (χ2n) is 5.18. The highest BCUT2D eigenvalue weighted by Crippen LogP contribution is 2.10. The van der Waals surface area contributed by atoms with Gasteiger partial charge in [0.2, 0.25) is 5.91 Å². The van der Waals surface area contributed by atoms with E-state index < -0.39 is 0 Å². The molecule has 0 aromatic heterocycles. The number of halogens is 1. The highest BCUT2D eigenvalue weighted by molar-refractivity contribution is 5.78. The van der Waals surface area contributed by atoms with Gasteiger partial charge in [0, 0.05) is 25.7 Å². The van der Waals surface area contributed by atoms with Crippen LogP contribution < -0.4 is 15.4 Å². The van der Waals surface area contributed by atoms with Gasteiger partial charge in [-0.1, -0.05) is 0 Å². The first-order valence-electron chi connectivity index (χ1n) is 7.25. The molecular formula is C15H22FN3O2. The minimum absolute atomic E-state index is 0.00598. The maximum atomic E-state index is 12.7.